The van der Waals surface area contributed by atoms with Crippen LogP contribution in [0, 0.1) is 12.8 Å². The van der Waals surface area contributed by atoms with Crippen LogP contribution in [0.3, 0.4) is 0 Å². The number of nitrogens with zero attached hydrogens (tertiary/aromatic N) is 3. The first kappa shape index (κ1) is 15.9. The maximum atomic E-state index is 13.0. The Bertz CT molecular complexity index is 788. The largest absolute Gasteiger partial charge is 0.360 e. The van der Waals surface area contributed by atoms with Gasteiger partial charge in [0.05, 0.1) is 0 Å². The van der Waals surface area contributed by atoms with E-state index in [0.717, 1.165) is 18.4 Å². The molecule has 130 valence electrons. The summed E-state index contributed by atoms with van der Waals surface area (Å²) in [6.07, 6.45) is 2.02. The lowest BCUT2D eigenvalue weighted by Gasteiger charge is -2.34. The number of carbonyl (C=O) groups is 2. The van der Waals surface area contributed by atoms with Crippen LogP contribution in [0.4, 0.5) is 0 Å². The number of rotatable bonds is 3. The minimum absolute atomic E-state index is 0.0730. The van der Waals surface area contributed by atoms with Gasteiger partial charge in [0.15, 0.2) is 0 Å². The Balaban J connectivity index is 1.50. The highest BCUT2D eigenvalue weighted by atomic mass is 16.5. The summed E-state index contributed by atoms with van der Waals surface area (Å²) in [4.78, 5) is 28.9. The second kappa shape index (κ2) is 6.35. The maximum Gasteiger partial charge on any atom is 0.259 e. The van der Waals surface area contributed by atoms with E-state index >= 15 is 0 Å². The molecule has 2 aromatic rings. The van der Waals surface area contributed by atoms with Crippen LogP contribution in [0.1, 0.15) is 29.0 Å². The Morgan fingerprint density at radius 1 is 1.04 bits per heavy atom. The van der Waals surface area contributed by atoms with E-state index in [2.05, 4.69) is 5.16 Å². The highest BCUT2D eigenvalue weighted by Crippen LogP contribution is 2.31. The van der Waals surface area contributed by atoms with Gasteiger partial charge in [0.2, 0.25) is 5.91 Å². The Hall–Kier alpha value is -2.63. The highest BCUT2D eigenvalue weighted by molar-refractivity contribution is 6.01. The number of benzene rings is 1. The molecule has 1 aliphatic carbocycles. The second-order valence-electron chi connectivity index (χ2n) is 6.72. The minimum Gasteiger partial charge on any atom is -0.360 e. The fourth-order valence-electron chi connectivity index (χ4n) is 3.29. The molecule has 0 bridgehead atoms. The van der Waals surface area contributed by atoms with Gasteiger partial charge < -0.3 is 14.3 Å². The number of hydrogen-bond acceptors (Lipinski definition) is 4. The molecule has 0 radical (unpaired) electrons. The first-order valence-corrected chi connectivity index (χ1v) is 8.75. The van der Waals surface area contributed by atoms with E-state index in [0.29, 0.717) is 43.2 Å². The molecule has 1 aromatic carbocycles. The van der Waals surface area contributed by atoms with Crippen LogP contribution in [0.25, 0.3) is 11.3 Å². The van der Waals surface area contributed by atoms with Gasteiger partial charge in [0.25, 0.3) is 5.91 Å². The van der Waals surface area contributed by atoms with Crippen LogP contribution >= 0.6 is 0 Å². The predicted molar refractivity (Wildman–Crippen MR) is 91.9 cm³/mol. The fourth-order valence-corrected chi connectivity index (χ4v) is 3.29. The van der Waals surface area contributed by atoms with E-state index in [-0.39, 0.29) is 17.7 Å². The second-order valence-corrected chi connectivity index (χ2v) is 6.72. The van der Waals surface area contributed by atoms with E-state index in [1.54, 1.807) is 11.8 Å². The summed E-state index contributed by atoms with van der Waals surface area (Å²) >= 11 is 0. The smallest absolute Gasteiger partial charge is 0.259 e. The molecule has 1 aliphatic heterocycles. The molecule has 0 unspecified atom stereocenters. The van der Waals surface area contributed by atoms with E-state index in [1.165, 1.54) is 0 Å². The topological polar surface area (TPSA) is 66.7 Å². The van der Waals surface area contributed by atoms with Crippen LogP contribution in [-0.4, -0.2) is 52.9 Å². The Kier molecular flexibility index (Phi) is 4.03. The van der Waals surface area contributed by atoms with Crippen LogP contribution < -0.4 is 0 Å². The number of aryl methyl sites for hydroxylation is 1. The molecule has 2 heterocycles. The monoisotopic (exact) mass is 339 g/mol. The molecule has 0 spiro atoms. The van der Waals surface area contributed by atoms with Gasteiger partial charge in [-0.25, -0.2) is 0 Å². The van der Waals surface area contributed by atoms with Gasteiger partial charge >= 0.3 is 0 Å². The summed E-state index contributed by atoms with van der Waals surface area (Å²) in [6.45, 7) is 4.07. The molecular formula is C19H21N3O3. The standard InChI is InChI=1S/C19H21N3O3/c1-13-16(17(20-25-13)14-5-3-2-4-6-14)19(24)22-11-9-21(10-12-22)18(23)15-7-8-15/h2-6,15H,7-12H2,1H3. The molecule has 2 aliphatic rings. The van der Waals surface area contributed by atoms with Crippen LogP contribution in [0.2, 0.25) is 0 Å². The van der Waals surface area contributed by atoms with Crippen molar-refractivity contribution in [2.45, 2.75) is 19.8 Å². The summed E-state index contributed by atoms with van der Waals surface area (Å²) in [5, 5.41) is 4.09. The molecule has 0 N–H and O–H groups in total. The third-order valence-electron chi connectivity index (χ3n) is 4.93. The van der Waals surface area contributed by atoms with Crippen LogP contribution in [0.5, 0.6) is 0 Å². The van der Waals surface area contributed by atoms with Gasteiger partial charge in [-0.05, 0) is 19.8 Å². The number of hydrogen-bond donors (Lipinski definition) is 0. The van der Waals surface area contributed by atoms with Crippen molar-refractivity contribution in [3.05, 3.63) is 41.7 Å². The van der Waals surface area contributed by atoms with Crippen molar-refractivity contribution >= 4 is 11.8 Å². The SMILES string of the molecule is Cc1onc(-c2ccccc2)c1C(=O)N1CCN(C(=O)C2CC2)CC1. The van der Waals surface area contributed by atoms with Crippen molar-refractivity contribution in [1.29, 1.82) is 0 Å². The quantitative estimate of drug-likeness (QED) is 0.861. The van der Waals surface area contributed by atoms with E-state index in [4.69, 9.17) is 4.52 Å². The zero-order valence-corrected chi connectivity index (χ0v) is 14.3. The lowest BCUT2D eigenvalue weighted by atomic mass is 10.0. The fraction of sp³-hybridized carbons (Fsp3) is 0.421. The molecule has 6 heteroatoms. The normalized spacial score (nSPS) is 17.6. The van der Waals surface area contributed by atoms with E-state index in [1.807, 2.05) is 35.2 Å². The summed E-state index contributed by atoms with van der Waals surface area (Å²) in [7, 11) is 0. The number of piperazine rings is 1. The summed E-state index contributed by atoms with van der Waals surface area (Å²) in [5.41, 5.74) is 1.97. The number of amides is 2. The molecule has 1 saturated heterocycles. The Morgan fingerprint density at radius 3 is 2.32 bits per heavy atom. The molecule has 1 saturated carbocycles. The van der Waals surface area contributed by atoms with Gasteiger partial charge in [-0.2, -0.15) is 0 Å². The van der Waals surface area contributed by atoms with Crippen molar-refractivity contribution < 1.29 is 14.1 Å². The van der Waals surface area contributed by atoms with Crippen molar-refractivity contribution in [3.63, 3.8) is 0 Å². The average Bonchev–Trinajstić information content (AvgIpc) is 3.43. The minimum atomic E-state index is -0.0730. The van der Waals surface area contributed by atoms with Gasteiger partial charge in [-0.1, -0.05) is 35.5 Å². The molecule has 1 aromatic heterocycles. The molecule has 2 fully saturated rings. The predicted octanol–water partition coefficient (Wildman–Crippen LogP) is 2.34. The molecular weight excluding hydrogens is 318 g/mol. The first-order valence-electron chi connectivity index (χ1n) is 8.75. The molecule has 6 nitrogen and oxygen atoms in total. The lowest BCUT2D eigenvalue weighted by molar-refractivity contribution is -0.134. The third kappa shape index (κ3) is 3.04. The van der Waals surface area contributed by atoms with Gasteiger partial charge in [-0.15, -0.1) is 0 Å². The zero-order valence-electron chi connectivity index (χ0n) is 14.3. The highest BCUT2D eigenvalue weighted by Gasteiger charge is 2.36. The van der Waals surface area contributed by atoms with Gasteiger partial charge in [-0.3, -0.25) is 9.59 Å². The summed E-state index contributed by atoms with van der Waals surface area (Å²) < 4.78 is 5.30. The van der Waals surface area contributed by atoms with E-state index < -0.39 is 0 Å². The number of carbonyl (C=O) groups excluding carboxylic acids is 2. The molecule has 25 heavy (non-hydrogen) atoms. The van der Waals surface area contributed by atoms with Crippen LogP contribution in [0.15, 0.2) is 34.9 Å². The zero-order chi connectivity index (χ0) is 17.4. The third-order valence-corrected chi connectivity index (χ3v) is 4.93. The number of aromatic nitrogens is 1. The van der Waals surface area contributed by atoms with Crippen molar-refractivity contribution in [1.82, 2.24) is 15.0 Å². The Morgan fingerprint density at radius 2 is 1.68 bits per heavy atom. The molecule has 0 atom stereocenters. The molecule has 2 amide bonds. The van der Waals surface area contributed by atoms with Gasteiger partial charge in [0.1, 0.15) is 17.0 Å². The van der Waals surface area contributed by atoms with Crippen molar-refractivity contribution in [3.8, 4) is 11.3 Å². The van der Waals surface area contributed by atoms with Crippen LogP contribution in [-0.2, 0) is 4.79 Å². The van der Waals surface area contributed by atoms with E-state index in [9.17, 15) is 9.59 Å². The Labute approximate surface area is 146 Å². The van der Waals surface area contributed by atoms with Crippen molar-refractivity contribution in [2.24, 2.45) is 5.92 Å². The summed E-state index contributed by atoms with van der Waals surface area (Å²) in [6, 6.07) is 9.58. The lowest BCUT2D eigenvalue weighted by Crippen LogP contribution is -2.51. The maximum absolute atomic E-state index is 13.0. The van der Waals surface area contributed by atoms with Crippen molar-refractivity contribution in [2.75, 3.05) is 26.2 Å². The average molecular weight is 339 g/mol. The molecule has 4 rings (SSSR count). The van der Waals surface area contributed by atoms with Gasteiger partial charge in [0, 0.05) is 37.7 Å². The summed E-state index contributed by atoms with van der Waals surface area (Å²) in [5.74, 6) is 0.932. The first-order chi connectivity index (χ1) is 12.1.